The normalized spacial score (nSPS) is 19.5. The number of hydrogen-bond acceptors (Lipinski definition) is 8. The van der Waals surface area contributed by atoms with E-state index in [0.29, 0.717) is 36.6 Å². The van der Waals surface area contributed by atoms with E-state index < -0.39 is 17.6 Å². The van der Waals surface area contributed by atoms with E-state index in [1.165, 1.54) is 6.07 Å². The number of rotatable bonds is 10. The summed E-state index contributed by atoms with van der Waals surface area (Å²) in [5.41, 5.74) is 9.54. The number of halogens is 3. The number of carbonyl (C=O) groups is 1. The second-order valence-electron chi connectivity index (χ2n) is 13.2. The monoisotopic (exact) mass is 663 g/mol. The van der Waals surface area contributed by atoms with Crippen LogP contribution in [0, 0.1) is 0 Å². The number of aryl methyl sites for hydroxylation is 1. The van der Waals surface area contributed by atoms with E-state index in [4.69, 9.17) is 5.73 Å². The molecule has 0 spiro atoms. The molecule has 2 aliphatic rings. The Hall–Kier alpha value is -3.91. The molecule has 1 aliphatic heterocycles. The molecule has 1 saturated heterocycles. The van der Waals surface area contributed by atoms with Gasteiger partial charge in [0.1, 0.15) is 6.33 Å². The Labute approximate surface area is 278 Å². The molecule has 0 radical (unpaired) electrons. The lowest BCUT2D eigenvalue weighted by atomic mass is 9.91. The molecule has 13 heteroatoms. The molecule has 4 aromatic rings. The Morgan fingerprint density at radius 2 is 1.77 bits per heavy atom. The number of hydrogen-bond donors (Lipinski definition) is 3. The predicted octanol–water partition coefficient (Wildman–Crippen LogP) is 4.38. The number of carbonyl (C=O) groups excluding carboxylic acids is 1. The summed E-state index contributed by atoms with van der Waals surface area (Å²) in [6.45, 7) is 4.10. The Kier molecular flexibility index (Phi) is 10.4. The topological polar surface area (TPSA) is 117 Å². The fourth-order valence-corrected chi connectivity index (χ4v) is 6.81. The molecule has 0 bridgehead atoms. The van der Waals surface area contributed by atoms with Crippen molar-refractivity contribution in [1.29, 1.82) is 0 Å². The summed E-state index contributed by atoms with van der Waals surface area (Å²) in [6.07, 6.45) is 3.64. The van der Waals surface area contributed by atoms with Gasteiger partial charge in [0.05, 0.1) is 23.2 Å². The van der Waals surface area contributed by atoms with Gasteiger partial charge in [0.2, 0.25) is 5.91 Å². The number of alkyl halides is 3. The van der Waals surface area contributed by atoms with Gasteiger partial charge in [-0.25, -0.2) is 9.97 Å². The van der Waals surface area contributed by atoms with E-state index in [0.717, 1.165) is 85.5 Å². The molecule has 2 aromatic heterocycles. The number of benzene rings is 2. The number of fused-ring (bicyclic) bond motifs is 1. The zero-order chi connectivity index (χ0) is 33.8. The van der Waals surface area contributed by atoms with Gasteiger partial charge >= 0.3 is 6.18 Å². The number of nitrogens with one attached hydrogen (secondary N) is 2. The smallest absolute Gasteiger partial charge is 0.328 e. The Bertz CT molecular complexity index is 1720. The van der Waals surface area contributed by atoms with Gasteiger partial charge in [0, 0.05) is 75.1 Å². The van der Waals surface area contributed by atoms with E-state index >= 15 is 0 Å². The van der Waals surface area contributed by atoms with Crippen LogP contribution in [0.2, 0.25) is 0 Å². The minimum atomic E-state index is -4.52. The first kappa shape index (κ1) is 34.0. The fourth-order valence-electron chi connectivity index (χ4n) is 6.81. The zero-order valence-electron chi connectivity index (χ0n) is 27.6. The Morgan fingerprint density at radius 1 is 1.00 bits per heavy atom. The van der Waals surface area contributed by atoms with Crippen molar-refractivity contribution >= 4 is 22.6 Å². The highest BCUT2D eigenvalue weighted by Crippen LogP contribution is 2.34. The van der Waals surface area contributed by atoms with Crippen molar-refractivity contribution in [2.75, 3.05) is 45.1 Å². The SMILES string of the molecule is CN1CCN(Cc2ccc(CC(=O)Nc3cc(-c4cc(CCNC5CCC(N)CC5)c5ncncc5c4)n(C)n3)cc2C(F)(F)F)CC1. The number of amides is 1. The summed E-state index contributed by atoms with van der Waals surface area (Å²) in [7, 11) is 3.80. The molecule has 0 unspecified atom stereocenters. The molecule has 2 fully saturated rings. The molecule has 1 saturated carbocycles. The molecule has 10 nitrogen and oxygen atoms in total. The maximum absolute atomic E-state index is 14.1. The van der Waals surface area contributed by atoms with E-state index in [1.54, 1.807) is 36.4 Å². The second-order valence-corrected chi connectivity index (χ2v) is 13.2. The van der Waals surface area contributed by atoms with Crippen LogP contribution in [0.5, 0.6) is 0 Å². The Balaban J connectivity index is 1.14. The quantitative estimate of drug-likeness (QED) is 0.229. The van der Waals surface area contributed by atoms with Gasteiger partial charge < -0.3 is 21.3 Å². The lowest BCUT2D eigenvalue weighted by Gasteiger charge is -2.33. The summed E-state index contributed by atoms with van der Waals surface area (Å²) in [6, 6.07) is 10.9. The standard InChI is InChI=1S/C35H44F3N9O/c1-45-11-13-47(14-12-45)21-25-4-3-23(15-30(25)35(36,37)38)16-33(48)43-32-19-31(46(2)44-32)26-17-24(34-27(18-26)20-40-22-42-34)9-10-41-29-7-5-28(39)6-8-29/h3-4,15,17-20,22,28-29,41H,5-14,16,21,39H2,1-2H3,(H,43,44,48). The van der Waals surface area contributed by atoms with Gasteiger partial charge in [-0.1, -0.05) is 12.1 Å². The summed E-state index contributed by atoms with van der Waals surface area (Å²) in [5, 5.41) is 11.8. The minimum Gasteiger partial charge on any atom is -0.328 e. The number of piperazine rings is 1. The van der Waals surface area contributed by atoms with Crippen molar-refractivity contribution in [2.45, 2.75) is 63.3 Å². The third kappa shape index (κ3) is 8.38. The van der Waals surface area contributed by atoms with Crippen LogP contribution in [0.4, 0.5) is 19.0 Å². The highest BCUT2D eigenvalue weighted by molar-refractivity contribution is 5.92. The molecular weight excluding hydrogens is 619 g/mol. The van der Waals surface area contributed by atoms with Crippen LogP contribution in [0.3, 0.4) is 0 Å². The van der Waals surface area contributed by atoms with Crippen molar-refractivity contribution in [3.8, 4) is 11.3 Å². The lowest BCUT2D eigenvalue weighted by Crippen LogP contribution is -2.44. The molecule has 4 N–H and O–H groups in total. The molecule has 2 aromatic carbocycles. The number of likely N-dealkylation sites (N-methyl/N-ethyl adjacent to an activating group) is 1. The molecule has 3 heterocycles. The highest BCUT2D eigenvalue weighted by Gasteiger charge is 2.34. The predicted molar refractivity (Wildman–Crippen MR) is 180 cm³/mol. The summed E-state index contributed by atoms with van der Waals surface area (Å²) in [4.78, 5) is 26.0. The van der Waals surface area contributed by atoms with Crippen LogP contribution >= 0.6 is 0 Å². The first-order valence-electron chi connectivity index (χ1n) is 16.7. The van der Waals surface area contributed by atoms with Crippen LogP contribution in [0.15, 0.2) is 48.9 Å². The summed E-state index contributed by atoms with van der Waals surface area (Å²) < 4.78 is 43.9. The Morgan fingerprint density at radius 3 is 2.52 bits per heavy atom. The maximum atomic E-state index is 14.1. The number of nitrogens with zero attached hydrogens (tertiary/aromatic N) is 6. The van der Waals surface area contributed by atoms with Gasteiger partial charge in [-0.05, 0) is 80.6 Å². The minimum absolute atomic E-state index is 0.207. The largest absolute Gasteiger partial charge is 0.416 e. The first-order chi connectivity index (χ1) is 23.0. The second kappa shape index (κ2) is 14.7. The van der Waals surface area contributed by atoms with Crippen LogP contribution < -0.4 is 16.4 Å². The average Bonchev–Trinajstić information content (AvgIpc) is 3.42. The average molecular weight is 664 g/mol. The van der Waals surface area contributed by atoms with Crippen molar-refractivity contribution in [3.63, 3.8) is 0 Å². The van der Waals surface area contributed by atoms with Crippen LogP contribution in [-0.2, 0) is 37.4 Å². The number of anilines is 1. The van der Waals surface area contributed by atoms with E-state index in [9.17, 15) is 18.0 Å². The van der Waals surface area contributed by atoms with Gasteiger partial charge in [0.15, 0.2) is 5.82 Å². The third-order valence-corrected chi connectivity index (χ3v) is 9.56. The molecule has 48 heavy (non-hydrogen) atoms. The number of nitrogens with two attached hydrogens (primary N) is 1. The van der Waals surface area contributed by atoms with Gasteiger partial charge in [-0.15, -0.1) is 0 Å². The highest BCUT2D eigenvalue weighted by atomic mass is 19.4. The molecule has 1 amide bonds. The van der Waals surface area contributed by atoms with Gasteiger partial charge in [-0.3, -0.25) is 14.4 Å². The first-order valence-corrected chi connectivity index (χ1v) is 16.7. The van der Waals surface area contributed by atoms with E-state index in [2.05, 4.69) is 36.7 Å². The van der Waals surface area contributed by atoms with Crippen LogP contribution in [0.25, 0.3) is 22.2 Å². The van der Waals surface area contributed by atoms with Crippen LogP contribution in [-0.4, -0.2) is 87.3 Å². The lowest BCUT2D eigenvalue weighted by molar-refractivity contribution is -0.138. The molecule has 256 valence electrons. The van der Waals surface area contributed by atoms with Crippen LogP contribution in [0.1, 0.15) is 47.9 Å². The van der Waals surface area contributed by atoms with Gasteiger partial charge in [-0.2, -0.15) is 18.3 Å². The number of aromatic nitrogens is 4. The fraction of sp³-hybridized carbons (Fsp3) is 0.486. The molecular formula is C35H44F3N9O. The molecule has 0 atom stereocenters. The molecule has 6 rings (SSSR count). The molecule has 1 aliphatic carbocycles. The van der Waals surface area contributed by atoms with Crippen molar-refractivity contribution in [2.24, 2.45) is 12.8 Å². The third-order valence-electron chi connectivity index (χ3n) is 9.56. The maximum Gasteiger partial charge on any atom is 0.416 e. The van der Waals surface area contributed by atoms with Crippen molar-refractivity contribution in [3.05, 3.63) is 71.2 Å². The van der Waals surface area contributed by atoms with Crippen molar-refractivity contribution in [1.82, 2.24) is 34.9 Å². The van der Waals surface area contributed by atoms with E-state index in [1.807, 2.05) is 18.0 Å². The summed E-state index contributed by atoms with van der Waals surface area (Å²) >= 11 is 0. The zero-order valence-corrected chi connectivity index (χ0v) is 27.6. The van der Waals surface area contributed by atoms with Gasteiger partial charge in [0.25, 0.3) is 0 Å². The van der Waals surface area contributed by atoms with E-state index in [-0.39, 0.29) is 18.5 Å². The summed E-state index contributed by atoms with van der Waals surface area (Å²) in [5.74, 6) is -0.120. The van der Waals surface area contributed by atoms with Crippen molar-refractivity contribution < 1.29 is 18.0 Å².